The Hall–Kier alpha value is -4.59. The lowest BCUT2D eigenvalue weighted by Crippen LogP contribution is -2.74. The van der Waals surface area contributed by atoms with E-state index in [0.29, 0.717) is 16.3 Å². The summed E-state index contributed by atoms with van der Waals surface area (Å²) in [4.78, 5) is 53.2. The van der Waals surface area contributed by atoms with Crippen molar-refractivity contribution in [3.05, 3.63) is 108 Å². The van der Waals surface area contributed by atoms with Gasteiger partial charge in [-0.05, 0) is 27.1 Å². The largest absolute Gasteiger partial charge is 0.450 e. The Balaban J connectivity index is 1.29. The van der Waals surface area contributed by atoms with Crippen LogP contribution < -0.4 is 5.32 Å². The average Bonchev–Trinajstić information content (AvgIpc) is 3.48. The van der Waals surface area contributed by atoms with Crippen molar-refractivity contribution in [3.8, 4) is 0 Å². The van der Waals surface area contributed by atoms with Gasteiger partial charge < -0.3 is 14.8 Å². The molecule has 1 aliphatic heterocycles. The van der Waals surface area contributed by atoms with Gasteiger partial charge in [0.15, 0.2) is 24.2 Å². The van der Waals surface area contributed by atoms with Crippen LogP contribution in [0.3, 0.4) is 0 Å². The SMILES string of the molecule is Cn1nnnc1SCC(=O)CO[C@@H]1[C@@H](NC(=O)Cc2ccccc2)C(=O)N1C(Cl)C(=O)OC(c1ccccc1)c1ccccc1. The van der Waals surface area contributed by atoms with Crippen LogP contribution in [0.2, 0.25) is 0 Å². The second-order valence-corrected chi connectivity index (χ2v) is 11.4. The smallest absolute Gasteiger partial charge is 0.345 e. The van der Waals surface area contributed by atoms with Crippen molar-refractivity contribution in [2.75, 3.05) is 12.4 Å². The number of thioether (sulfide) groups is 1. The molecule has 0 bridgehead atoms. The van der Waals surface area contributed by atoms with E-state index in [9.17, 15) is 19.2 Å². The quantitative estimate of drug-likeness (QED) is 0.0712. The van der Waals surface area contributed by atoms with E-state index in [1.54, 1.807) is 31.3 Å². The lowest BCUT2D eigenvalue weighted by atomic mass is 10.0. The monoisotopic (exact) mass is 648 g/mol. The van der Waals surface area contributed by atoms with E-state index in [1.165, 1.54) is 4.68 Å². The van der Waals surface area contributed by atoms with Crippen LogP contribution >= 0.6 is 23.4 Å². The van der Waals surface area contributed by atoms with Crippen LogP contribution in [0.5, 0.6) is 0 Å². The lowest BCUT2D eigenvalue weighted by molar-refractivity contribution is -0.194. The number of halogens is 1. The van der Waals surface area contributed by atoms with Crippen molar-refractivity contribution in [3.63, 3.8) is 0 Å². The van der Waals surface area contributed by atoms with Gasteiger partial charge in [0.05, 0.1) is 12.2 Å². The van der Waals surface area contributed by atoms with Gasteiger partial charge in [0.25, 0.3) is 5.91 Å². The number of nitrogens with one attached hydrogen (secondary N) is 1. The minimum atomic E-state index is -1.60. The molecule has 2 amide bonds. The number of ketones is 1. The first-order valence-electron chi connectivity index (χ1n) is 13.9. The van der Waals surface area contributed by atoms with Crippen LogP contribution in [0.1, 0.15) is 22.8 Å². The average molecular weight is 649 g/mol. The standard InChI is InChI=1S/C31H29ClN6O6S/c1-37-31(34-35-36-37)45-19-23(39)18-43-29-25(33-24(40)17-20-11-5-2-6-12-20)28(41)38(29)27(32)30(42)44-26(21-13-7-3-8-14-21)22-15-9-4-10-16-22/h2-16,25-27,29H,17-19H2,1H3,(H,33,40)/t25-,27?,29+/m0/s1. The summed E-state index contributed by atoms with van der Waals surface area (Å²) in [5, 5.41) is 14.2. The molecule has 0 aliphatic carbocycles. The number of alkyl halides is 1. The summed E-state index contributed by atoms with van der Waals surface area (Å²) in [6.45, 7) is -0.424. The Morgan fingerprint density at radius 2 is 1.56 bits per heavy atom. The minimum absolute atomic E-state index is 0.0118. The van der Waals surface area contributed by atoms with E-state index < -0.39 is 48.3 Å². The number of hydrogen-bond acceptors (Lipinski definition) is 10. The van der Waals surface area contributed by atoms with Crippen molar-refractivity contribution in [1.82, 2.24) is 30.4 Å². The molecule has 2 heterocycles. The first-order valence-corrected chi connectivity index (χ1v) is 15.3. The highest BCUT2D eigenvalue weighted by molar-refractivity contribution is 7.99. The Labute approximate surface area is 268 Å². The molecule has 12 nitrogen and oxygen atoms in total. The van der Waals surface area contributed by atoms with E-state index in [0.717, 1.165) is 22.2 Å². The lowest BCUT2D eigenvalue weighted by Gasteiger charge is -2.47. The predicted octanol–water partition coefficient (Wildman–Crippen LogP) is 2.68. The predicted molar refractivity (Wildman–Crippen MR) is 164 cm³/mol. The van der Waals surface area contributed by atoms with E-state index in [4.69, 9.17) is 21.1 Å². The van der Waals surface area contributed by atoms with Crippen LogP contribution in [0.25, 0.3) is 0 Å². The number of nitrogens with zero attached hydrogens (tertiary/aromatic N) is 5. The van der Waals surface area contributed by atoms with Crippen LogP contribution in [0, 0.1) is 0 Å². The maximum atomic E-state index is 13.4. The van der Waals surface area contributed by atoms with E-state index in [-0.39, 0.29) is 18.0 Å². The third-order valence-corrected chi connectivity index (χ3v) is 8.30. The van der Waals surface area contributed by atoms with Gasteiger partial charge in [-0.1, -0.05) is 114 Å². The first kappa shape index (κ1) is 31.8. The molecular formula is C31H29ClN6O6S. The Bertz CT molecular complexity index is 1590. The van der Waals surface area contributed by atoms with Crippen molar-refractivity contribution >= 4 is 46.9 Å². The second-order valence-electron chi connectivity index (χ2n) is 10.0. The molecule has 1 aliphatic rings. The number of amides is 2. The van der Waals surface area contributed by atoms with Crippen LogP contribution in [0.4, 0.5) is 0 Å². The van der Waals surface area contributed by atoms with Crippen molar-refractivity contribution < 1.29 is 28.7 Å². The molecule has 4 aromatic rings. The molecule has 0 spiro atoms. The zero-order chi connectivity index (χ0) is 31.8. The van der Waals surface area contributed by atoms with E-state index in [1.807, 2.05) is 66.7 Å². The molecule has 232 valence electrons. The fraction of sp³-hybridized carbons (Fsp3) is 0.258. The van der Waals surface area contributed by atoms with Gasteiger partial charge in [0, 0.05) is 7.05 Å². The summed E-state index contributed by atoms with van der Waals surface area (Å²) in [7, 11) is 1.64. The van der Waals surface area contributed by atoms with E-state index in [2.05, 4.69) is 20.8 Å². The topological polar surface area (TPSA) is 146 Å². The normalized spacial score (nSPS) is 16.6. The number of benzene rings is 3. The molecule has 1 N–H and O–H groups in total. The third kappa shape index (κ3) is 7.93. The van der Waals surface area contributed by atoms with Crippen molar-refractivity contribution in [1.29, 1.82) is 0 Å². The highest BCUT2D eigenvalue weighted by atomic mass is 35.5. The Kier molecular flexibility index (Phi) is 10.6. The molecular weight excluding hydrogens is 620 g/mol. The van der Waals surface area contributed by atoms with Gasteiger partial charge in [-0.3, -0.25) is 19.3 Å². The summed E-state index contributed by atoms with van der Waals surface area (Å²) in [5.74, 6) is -2.34. The highest BCUT2D eigenvalue weighted by Gasteiger charge is 2.54. The number of ether oxygens (including phenoxy) is 2. The molecule has 3 atom stereocenters. The Morgan fingerprint density at radius 3 is 2.13 bits per heavy atom. The zero-order valence-corrected chi connectivity index (χ0v) is 25.6. The number of aromatic nitrogens is 4. The number of tetrazole rings is 1. The fourth-order valence-electron chi connectivity index (χ4n) is 4.62. The third-order valence-electron chi connectivity index (χ3n) is 6.84. The van der Waals surface area contributed by atoms with Crippen LogP contribution in [0.15, 0.2) is 96.2 Å². The highest BCUT2D eigenvalue weighted by Crippen LogP contribution is 2.31. The number of likely N-dealkylation sites (tertiary alicyclic amines) is 1. The number of β-lactam (4-membered cyclic amide) rings is 1. The molecule has 45 heavy (non-hydrogen) atoms. The van der Waals surface area contributed by atoms with Crippen molar-refractivity contribution in [2.24, 2.45) is 7.05 Å². The molecule has 1 saturated heterocycles. The first-order chi connectivity index (χ1) is 21.8. The summed E-state index contributed by atoms with van der Waals surface area (Å²) in [6.07, 6.45) is -1.99. The molecule has 1 fully saturated rings. The number of Topliss-reactive ketones (excluding diaryl/α,β-unsaturated/α-hetero) is 1. The number of rotatable bonds is 14. The van der Waals surface area contributed by atoms with Gasteiger partial charge in [-0.2, -0.15) is 0 Å². The number of carbonyl (C=O) groups excluding carboxylic acids is 4. The van der Waals surface area contributed by atoms with Crippen LogP contribution in [-0.4, -0.2) is 78.8 Å². The van der Waals surface area contributed by atoms with Crippen molar-refractivity contribution in [2.45, 2.75) is 35.5 Å². The summed E-state index contributed by atoms with van der Waals surface area (Å²) in [5.41, 5.74) is 0.550. The van der Waals surface area contributed by atoms with Crippen LogP contribution in [-0.2, 0) is 42.1 Å². The molecule has 3 aromatic carbocycles. The number of aryl methyl sites for hydroxylation is 1. The molecule has 0 saturated carbocycles. The summed E-state index contributed by atoms with van der Waals surface area (Å²) < 4.78 is 13.1. The minimum Gasteiger partial charge on any atom is -0.450 e. The summed E-state index contributed by atoms with van der Waals surface area (Å²) in [6, 6.07) is 26.0. The maximum absolute atomic E-state index is 13.4. The van der Waals surface area contributed by atoms with Gasteiger partial charge >= 0.3 is 5.97 Å². The second kappa shape index (κ2) is 14.9. The van der Waals surface area contributed by atoms with E-state index >= 15 is 0 Å². The number of carbonyl (C=O) groups is 4. The molecule has 5 rings (SSSR count). The Morgan fingerprint density at radius 1 is 0.956 bits per heavy atom. The molecule has 14 heteroatoms. The summed E-state index contributed by atoms with van der Waals surface area (Å²) >= 11 is 7.67. The fourth-order valence-corrected chi connectivity index (χ4v) is 5.57. The number of hydrogen-bond donors (Lipinski definition) is 1. The zero-order valence-electron chi connectivity index (χ0n) is 24.1. The molecule has 1 aromatic heterocycles. The maximum Gasteiger partial charge on any atom is 0.345 e. The van der Waals surface area contributed by atoms with Gasteiger partial charge in [0.2, 0.25) is 16.6 Å². The van der Waals surface area contributed by atoms with Gasteiger partial charge in [-0.25, -0.2) is 9.48 Å². The number of esters is 1. The molecule has 0 radical (unpaired) electrons. The van der Waals surface area contributed by atoms with Gasteiger partial charge in [-0.15, -0.1) is 5.10 Å². The van der Waals surface area contributed by atoms with Gasteiger partial charge in [0.1, 0.15) is 6.61 Å². The molecule has 1 unspecified atom stereocenters.